The van der Waals surface area contributed by atoms with Crippen LogP contribution < -0.4 is 5.32 Å². The summed E-state index contributed by atoms with van der Waals surface area (Å²) >= 11 is 5.76. The Morgan fingerprint density at radius 2 is 2.18 bits per heavy atom. The van der Waals surface area contributed by atoms with E-state index in [0.717, 1.165) is 12.0 Å². The average molecular weight is 248 g/mol. The summed E-state index contributed by atoms with van der Waals surface area (Å²) in [5.41, 5.74) is 0.915. The molecule has 1 unspecified atom stereocenters. The van der Waals surface area contributed by atoms with Gasteiger partial charge in [0.25, 0.3) is 0 Å². The maximum absolute atomic E-state index is 11.5. The molecule has 1 N–H and O–H groups in total. The van der Waals surface area contributed by atoms with Gasteiger partial charge in [-0.05, 0) is 30.2 Å². The topological polar surface area (TPSA) is 29.1 Å². The van der Waals surface area contributed by atoms with Gasteiger partial charge in [0.15, 0.2) is 0 Å². The predicted octanol–water partition coefficient (Wildman–Crippen LogP) is 2.88. The zero-order valence-electron chi connectivity index (χ0n) is 9.61. The van der Waals surface area contributed by atoms with E-state index in [4.69, 9.17) is 18.0 Å². The quantitative estimate of drug-likeness (QED) is 0.643. The van der Waals surface area contributed by atoms with Crippen molar-refractivity contribution in [1.29, 1.82) is 0 Å². The Morgan fingerprint density at radius 1 is 1.53 bits per heavy atom. The van der Waals surface area contributed by atoms with Crippen molar-refractivity contribution in [2.45, 2.75) is 19.4 Å². The number of hydrogen-bond acceptors (Lipinski definition) is 1. The Morgan fingerprint density at radius 3 is 2.71 bits per heavy atom. The van der Waals surface area contributed by atoms with E-state index in [9.17, 15) is 4.79 Å². The van der Waals surface area contributed by atoms with Crippen LogP contribution in [0.3, 0.4) is 0 Å². The molecule has 0 aromatic heterocycles. The highest BCUT2D eigenvalue weighted by Gasteiger charge is 2.03. The molecule has 2 nitrogen and oxygen atoms in total. The molecular formula is C14H14ClNO. The Kier molecular flexibility index (Phi) is 5.32. The lowest BCUT2D eigenvalue weighted by atomic mass is 10.2. The van der Waals surface area contributed by atoms with Gasteiger partial charge in [0.2, 0.25) is 5.91 Å². The fraction of sp³-hybridized carbons (Fsp3) is 0.214. The van der Waals surface area contributed by atoms with Crippen LogP contribution in [0.25, 0.3) is 6.08 Å². The third kappa shape index (κ3) is 4.76. The Hall–Kier alpha value is -1.72. The fourth-order valence-corrected chi connectivity index (χ4v) is 1.35. The first-order valence-corrected chi connectivity index (χ1v) is 5.73. The van der Waals surface area contributed by atoms with Crippen LogP contribution in [0, 0.1) is 12.3 Å². The first kappa shape index (κ1) is 13.3. The maximum Gasteiger partial charge on any atom is 0.244 e. The smallest absolute Gasteiger partial charge is 0.244 e. The summed E-state index contributed by atoms with van der Waals surface area (Å²) in [6, 6.07) is 7.01. The molecule has 0 aliphatic rings. The Labute approximate surface area is 107 Å². The van der Waals surface area contributed by atoms with Crippen molar-refractivity contribution < 1.29 is 4.79 Å². The molecule has 0 bridgehead atoms. The SMILES string of the molecule is C#CC(CC)NC(=O)/C=C/c1ccc(Cl)cc1. The summed E-state index contributed by atoms with van der Waals surface area (Å²) in [5, 5.41) is 3.38. The lowest BCUT2D eigenvalue weighted by molar-refractivity contribution is -0.116. The monoisotopic (exact) mass is 247 g/mol. The van der Waals surface area contributed by atoms with E-state index in [1.54, 1.807) is 18.2 Å². The van der Waals surface area contributed by atoms with Crippen molar-refractivity contribution in [1.82, 2.24) is 5.32 Å². The summed E-state index contributed by atoms with van der Waals surface area (Å²) in [6.07, 6.45) is 9.15. The van der Waals surface area contributed by atoms with Gasteiger partial charge in [0, 0.05) is 11.1 Å². The third-order valence-corrected chi connectivity index (χ3v) is 2.48. The molecule has 1 aromatic carbocycles. The Bertz CT molecular complexity index is 442. The van der Waals surface area contributed by atoms with E-state index in [2.05, 4.69) is 11.2 Å². The standard InChI is InChI=1S/C14H14ClNO/c1-3-13(4-2)16-14(17)10-7-11-5-8-12(15)9-6-11/h1,5-10,13H,4H2,2H3,(H,16,17)/b10-7+. The van der Waals surface area contributed by atoms with Crippen molar-refractivity contribution in [3.8, 4) is 12.3 Å². The summed E-state index contributed by atoms with van der Waals surface area (Å²) in [7, 11) is 0. The van der Waals surface area contributed by atoms with Gasteiger partial charge in [0.1, 0.15) is 0 Å². The molecule has 3 heteroatoms. The highest BCUT2D eigenvalue weighted by molar-refractivity contribution is 6.30. The lowest BCUT2D eigenvalue weighted by Crippen LogP contribution is -2.31. The van der Waals surface area contributed by atoms with Crippen LogP contribution in [0.4, 0.5) is 0 Å². The van der Waals surface area contributed by atoms with Gasteiger partial charge < -0.3 is 5.32 Å². The first-order chi connectivity index (χ1) is 8.15. The molecule has 0 aliphatic heterocycles. The molecule has 1 amide bonds. The van der Waals surface area contributed by atoms with Crippen LogP contribution in [-0.4, -0.2) is 11.9 Å². The van der Waals surface area contributed by atoms with Crippen molar-refractivity contribution in [3.05, 3.63) is 40.9 Å². The van der Waals surface area contributed by atoms with Crippen LogP contribution in [0.2, 0.25) is 5.02 Å². The number of terminal acetylenes is 1. The van der Waals surface area contributed by atoms with Crippen molar-refractivity contribution in [2.75, 3.05) is 0 Å². The normalized spacial score (nSPS) is 12.1. The van der Waals surface area contributed by atoms with Crippen LogP contribution in [0.1, 0.15) is 18.9 Å². The van der Waals surface area contributed by atoms with Gasteiger partial charge in [-0.25, -0.2) is 0 Å². The number of nitrogens with one attached hydrogen (secondary N) is 1. The van der Waals surface area contributed by atoms with Gasteiger partial charge >= 0.3 is 0 Å². The maximum atomic E-state index is 11.5. The minimum Gasteiger partial charge on any atom is -0.339 e. The highest BCUT2D eigenvalue weighted by atomic mass is 35.5. The van der Waals surface area contributed by atoms with Gasteiger partial charge in [0.05, 0.1) is 6.04 Å². The van der Waals surface area contributed by atoms with E-state index >= 15 is 0 Å². The number of halogens is 1. The van der Waals surface area contributed by atoms with Crippen LogP contribution >= 0.6 is 11.6 Å². The van der Waals surface area contributed by atoms with Gasteiger partial charge in [-0.15, -0.1) is 6.42 Å². The number of benzene rings is 1. The number of rotatable bonds is 4. The average Bonchev–Trinajstić information content (AvgIpc) is 2.35. The molecule has 0 saturated heterocycles. The van der Waals surface area contributed by atoms with Gasteiger partial charge in [-0.3, -0.25) is 4.79 Å². The second kappa shape index (κ2) is 6.78. The fourth-order valence-electron chi connectivity index (χ4n) is 1.23. The molecule has 0 aliphatic carbocycles. The molecule has 0 fully saturated rings. The minimum absolute atomic E-state index is 0.190. The molecule has 1 rings (SSSR count). The van der Waals surface area contributed by atoms with E-state index in [0.29, 0.717) is 5.02 Å². The first-order valence-electron chi connectivity index (χ1n) is 5.36. The summed E-state index contributed by atoms with van der Waals surface area (Å²) in [5.74, 6) is 2.31. The van der Waals surface area contributed by atoms with Gasteiger partial charge in [-0.1, -0.05) is 36.6 Å². The molecule has 0 heterocycles. The molecule has 0 radical (unpaired) electrons. The van der Waals surface area contributed by atoms with Crippen molar-refractivity contribution in [3.63, 3.8) is 0 Å². The predicted molar refractivity (Wildman–Crippen MR) is 71.5 cm³/mol. The highest BCUT2D eigenvalue weighted by Crippen LogP contribution is 2.10. The third-order valence-electron chi connectivity index (χ3n) is 2.22. The Balaban J connectivity index is 2.57. The number of carbonyl (C=O) groups is 1. The van der Waals surface area contributed by atoms with E-state index in [1.807, 2.05) is 19.1 Å². The van der Waals surface area contributed by atoms with E-state index in [1.165, 1.54) is 6.08 Å². The molecule has 0 saturated carbocycles. The van der Waals surface area contributed by atoms with E-state index < -0.39 is 0 Å². The van der Waals surface area contributed by atoms with Crippen LogP contribution in [0.5, 0.6) is 0 Å². The molecule has 0 spiro atoms. The second-order valence-electron chi connectivity index (χ2n) is 3.52. The zero-order chi connectivity index (χ0) is 12.7. The molecule has 88 valence electrons. The molecule has 17 heavy (non-hydrogen) atoms. The summed E-state index contributed by atoms with van der Waals surface area (Å²) in [4.78, 5) is 11.5. The van der Waals surface area contributed by atoms with Crippen molar-refractivity contribution in [2.24, 2.45) is 0 Å². The lowest BCUT2D eigenvalue weighted by Gasteiger charge is -2.07. The summed E-state index contributed by atoms with van der Waals surface area (Å²) in [6.45, 7) is 1.92. The van der Waals surface area contributed by atoms with Gasteiger partial charge in [-0.2, -0.15) is 0 Å². The molecular weight excluding hydrogens is 234 g/mol. The molecule has 1 atom stereocenters. The van der Waals surface area contributed by atoms with Crippen LogP contribution in [-0.2, 0) is 4.79 Å². The zero-order valence-corrected chi connectivity index (χ0v) is 10.4. The molecule has 1 aromatic rings. The van der Waals surface area contributed by atoms with E-state index in [-0.39, 0.29) is 11.9 Å². The van der Waals surface area contributed by atoms with Crippen molar-refractivity contribution >= 4 is 23.6 Å². The number of carbonyl (C=O) groups excluding carboxylic acids is 1. The number of amides is 1. The second-order valence-corrected chi connectivity index (χ2v) is 3.96. The largest absolute Gasteiger partial charge is 0.339 e. The summed E-state index contributed by atoms with van der Waals surface area (Å²) < 4.78 is 0. The minimum atomic E-state index is -0.211. The number of hydrogen-bond donors (Lipinski definition) is 1. The van der Waals surface area contributed by atoms with Crippen LogP contribution in [0.15, 0.2) is 30.3 Å².